The highest BCUT2D eigenvalue weighted by molar-refractivity contribution is 5.16. The maximum atomic E-state index is 13.3. The second kappa shape index (κ2) is 8.53. The minimum Gasteiger partial charge on any atom is -0.310 e. The SMILES string of the molecule is CCCNC(CCCc1ccccc1)c1cncc(F)c1. The summed E-state index contributed by atoms with van der Waals surface area (Å²) in [7, 11) is 0. The van der Waals surface area contributed by atoms with E-state index in [2.05, 4.69) is 41.5 Å². The van der Waals surface area contributed by atoms with E-state index in [9.17, 15) is 4.39 Å². The predicted octanol–water partition coefficient (Wildman–Crippen LogP) is 4.28. The van der Waals surface area contributed by atoms with Gasteiger partial charge in [-0.15, -0.1) is 0 Å². The first-order chi connectivity index (χ1) is 10.3. The summed E-state index contributed by atoms with van der Waals surface area (Å²) in [6.07, 6.45) is 7.19. The lowest BCUT2D eigenvalue weighted by atomic mass is 10.00. The fourth-order valence-corrected chi connectivity index (χ4v) is 2.48. The Bertz CT molecular complexity index is 528. The zero-order chi connectivity index (χ0) is 14.9. The Morgan fingerprint density at radius 3 is 2.71 bits per heavy atom. The van der Waals surface area contributed by atoms with E-state index in [1.807, 2.05) is 6.07 Å². The van der Waals surface area contributed by atoms with Gasteiger partial charge in [-0.05, 0) is 49.4 Å². The molecule has 0 radical (unpaired) electrons. The minimum absolute atomic E-state index is 0.178. The van der Waals surface area contributed by atoms with Crippen molar-refractivity contribution in [1.29, 1.82) is 0 Å². The number of nitrogens with zero attached hydrogens (tertiary/aromatic N) is 1. The fraction of sp³-hybridized carbons (Fsp3) is 0.389. The van der Waals surface area contributed by atoms with Crippen molar-refractivity contribution in [2.24, 2.45) is 0 Å². The van der Waals surface area contributed by atoms with Crippen LogP contribution < -0.4 is 5.32 Å². The zero-order valence-electron chi connectivity index (χ0n) is 12.6. The molecule has 0 bridgehead atoms. The molecule has 3 heteroatoms. The summed E-state index contributed by atoms with van der Waals surface area (Å²) in [4.78, 5) is 3.96. The quantitative estimate of drug-likeness (QED) is 0.783. The van der Waals surface area contributed by atoms with Crippen molar-refractivity contribution >= 4 is 0 Å². The van der Waals surface area contributed by atoms with Crippen LogP contribution in [-0.4, -0.2) is 11.5 Å². The Kier molecular flexibility index (Phi) is 6.35. The van der Waals surface area contributed by atoms with Gasteiger partial charge >= 0.3 is 0 Å². The van der Waals surface area contributed by atoms with E-state index in [0.717, 1.165) is 37.8 Å². The Balaban J connectivity index is 1.93. The van der Waals surface area contributed by atoms with Gasteiger partial charge in [-0.3, -0.25) is 4.98 Å². The lowest BCUT2D eigenvalue weighted by Gasteiger charge is -2.18. The summed E-state index contributed by atoms with van der Waals surface area (Å²) in [6, 6.07) is 12.2. The summed E-state index contributed by atoms with van der Waals surface area (Å²) >= 11 is 0. The fourth-order valence-electron chi connectivity index (χ4n) is 2.48. The molecule has 21 heavy (non-hydrogen) atoms. The first-order valence-electron chi connectivity index (χ1n) is 7.67. The molecule has 2 rings (SSSR count). The third-order valence-corrected chi connectivity index (χ3v) is 3.57. The van der Waals surface area contributed by atoms with E-state index in [1.54, 1.807) is 12.3 Å². The van der Waals surface area contributed by atoms with Crippen molar-refractivity contribution in [1.82, 2.24) is 10.3 Å². The van der Waals surface area contributed by atoms with Crippen LogP contribution in [-0.2, 0) is 6.42 Å². The number of pyridine rings is 1. The normalized spacial score (nSPS) is 12.3. The summed E-state index contributed by atoms with van der Waals surface area (Å²) in [5, 5.41) is 3.49. The van der Waals surface area contributed by atoms with Gasteiger partial charge in [0.25, 0.3) is 0 Å². The number of aromatic nitrogens is 1. The Morgan fingerprint density at radius 1 is 1.19 bits per heavy atom. The molecule has 0 aliphatic rings. The lowest BCUT2D eigenvalue weighted by molar-refractivity contribution is 0.479. The third kappa shape index (κ3) is 5.27. The van der Waals surface area contributed by atoms with Crippen LogP contribution in [0.3, 0.4) is 0 Å². The lowest BCUT2D eigenvalue weighted by Crippen LogP contribution is -2.22. The van der Waals surface area contributed by atoms with E-state index in [1.165, 1.54) is 11.8 Å². The number of hydrogen-bond donors (Lipinski definition) is 1. The summed E-state index contributed by atoms with van der Waals surface area (Å²) in [5.74, 6) is -0.265. The number of rotatable bonds is 8. The molecule has 1 aromatic heterocycles. The van der Waals surface area contributed by atoms with Crippen molar-refractivity contribution in [3.8, 4) is 0 Å². The van der Waals surface area contributed by atoms with Crippen LogP contribution in [0.25, 0.3) is 0 Å². The molecule has 0 aliphatic heterocycles. The van der Waals surface area contributed by atoms with Crippen molar-refractivity contribution in [2.45, 2.75) is 38.6 Å². The Hall–Kier alpha value is -1.74. The van der Waals surface area contributed by atoms with Crippen LogP contribution in [0.1, 0.15) is 43.4 Å². The summed E-state index contributed by atoms with van der Waals surface area (Å²) in [5.41, 5.74) is 2.29. The highest BCUT2D eigenvalue weighted by Gasteiger charge is 2.11. The van der Waals surface area contributed by atoms with E-state index in [0.29, 0.717) is 0 Å². The molecular weight excluding hydrogens is 263 g/mol. The molecule has 0 amide bonds. The predicted molar refractivity (Wildman–Crippen MR) is 84.6 cm³/mol. The molecule has 0 saturated carbocycles. The van der Waals surface area contributed by atoms with Gasteiger partial charge in [0.1, 0.15) is 5.82 Å². The van der Waals surface area contributed by atoms with Gasteiger partial charge in [-0.2, -0.15) is 0 Å². The van der Waals surface area contributed by atoms with Gasteiger partial charge in [0, 0.05) is 12.2 Å². The zero-order valence-corrected chi connectivity index (χ0v) is 12.6. The Labute approximate surface area is 126 Å². The van der Waals surface area contributed by atoms with Crippen LogP contribution in [0.4, 0.5) is 4.39 Å². The molecular formula is C18H23FN2. The number of aryl methyl sites for hydroxylation is 1. The average Bonchev–Trinajstić information content (AvgIpc) is 2.51. The molecule has 0 fully saturated rings. The second-order valence-corrected chi connectivity index (χ2v) is 5.32. The standard InChI is InChI=1S/C18H23FN2/c1-2-11-21-18(16-12-17(19)14-20-13-16)10-6-9-15-7-4-3-5-8-15/h3-5,7-8,12-14,18,21H,2,6,9-11H2,1H3. The highest BCUT2D eigenvalue weighted by Crippen LogP contribution is 2.20. The molecule has 0 aliphatic carbocycles. The van der Waals surface area contributed by atoms with Crippen LogP contribution in [0.5, 0.6) is 0 Å². The monoisotopic (exact) mass is 286 g/mol. The summed E-state index contributed by atoms with van der Waals surface area (Å²) in [6.45, 7) is 3.07. The molecule has 0 spiro atoms. The molecule has 1 aromatic carbocycles. The third-order valence-electron chi connectivity index (χ3n) is 3.57. The van der Waals surface area contributed by atoms with Gasteiger partial charge in [0.15, 0.2) is 0 Å². The largest absolute Gasteiger partial charge is 0.310 e. The molecule has 1 N–H and O–H groups in total. The number of hydrogen-bond acceptors (Lipinski definition) is 2. The topological polar surface area (TPSA) is 24.9 Å². The molecule has 1 heterocycles. The maximum absolute atomic E-state index is 13.3. The maximum Gasteiger partial charge on any atom is 0.141 e. The van der Waals surface area contributed by atoms with Crippen molar-refractivity contribution in [3.05, 3.63) is 65.7 Å². The number of nitrogens with one attached hydrogen (secondary N) is 1. The van der Waals surface area contributed by atoms with Gasteiger partial charge in [-0.25, -0.2) is 4.39 Å². The number of benzene rings is 1. The van der Waals surface area contributed by atoms with Crippen molar-refractivity contribution in [3.63, 3.8) is 0 Å². The van der Waals surface area contributed by atoms with Gasteiger partial charge in [0.2, 0.25) is 0 Å². The van der Waals surface area contributed by atoms with Gasteiger partial charge < -0.3 is 5.32 Å². The first-order valence-corrected chi connectivity index (χ1v) is 7.67. The Morgan fingerprint density at radius 2 is 2.00 bits per heavy atom. The first kappa shape index (κ1) is 15.6. The smallest absolute Gasteiger partial charge is 0.141 e. The van der Waals surface area contributed by atoms with Crippen molar-refractivity contribution < 1.29 is 4.39 Å². The van der Waals surface area contributed by atoms with E-state index in [-0.39, 0.29) is 11.9 Å². The molecule has 1 unspecified atom stereocenters. The average molecular weight is 286 g/mol. The van der Waals surface area contributed by atoms with E-state index < -0.39 is 0 Å². The van der Waals surface area contributed by atoms with Gasteiger partial charge in [-0.1, -0.05) is 37.3 Å². The van der Waals surface area contributed by atoms with Crippen molar-refractivity contribution in [2.75, 3.05) is 6.54 Å². The molecule has 0 saturated heterocycles. The number of halogens is 1. The van der Waals surface area contributed by atoms with Crippen LogP contribution in [0.2, 0.25) is 0 Å². The molecule has 112 valence electrons. The van der Waals surface area contributed by atoms with Crippen LogP contribution >= 0.6 is 0 Å². The summed E-state index contributed by atoms with van der Waals surface area (Å²) < 4.78 is 13.3. The van der Waals surface area contributed by atoms with E-state index >= 15 is 0 Å². The molecule has 1 atom stereocenters. The van der Waals surface area contributed by atoms with E-state index in [4.69, 9.17) is 0 Å². The molecule has 2 aromatic rings. The van der Waals surface area contributed by atoms with Gasteiger partial charge in [0.05, 0.1) is 6.20 Å². The highest BCUT2D eigenvalue weighted by atomic mass is 19.1. The molecule has 2 nitrogen and oxygen atoms in total. The van der Waals surface area contributed by atoms with Crippen LogP contribution in [0, 0.1) is 5.82 Å². The van der Waals surface area contributed by atoms with Crippen LogP contribution in [0.15, 0.2) is 48.8 Å². The second-order valence-electron chi connectivity index (χ2n) is 5.32. The minimum atomic E-state index is -0.265.